The summed E-state index contributed by atoms with van der Waals surface area (Å²) in [5.74, 6) is 1.34. The summed E-state index contributed by atoms with van der Waals surface area (Å²) in [5, 5.41) is 11.9. The molecule has 3 aromatic carbocycles. The minimum Gasteiger partial charge on any atom is -0.485 e. The first-order chi connectivity index (χ1) is 17.2. The summed E-state index contributed by atoms with van der Waals surface area (Å²) in [6.07, 6.45) is 0. The highest BCUT2D eigenvalue weighted by atomic mass is 32.2. The molecule has 180 valence electrons. The zero-order valence-corrected chi connectivity index (χ0v) is 20.6. The Morgan fingerprint density at radius 1 is 0.971 bits per heavy atom. The molecule has 1 amide bonds. The summed E-state index contributed by atoms with van der Waals surface area (Å²) >= 11 is 1.36. The maximum Gasteiger partial charge on any atom is 0.237 e. The number of amides is 1. The molecule has 7 nitrogen and oxygen atoms in total. The van der Waals surface area contributed by atoms with E-state index in [4.69, 9.17) is 9.47 Å². The van der Waals surface area contributed by atoms with Crippen molar-refractivity contribution >= 4 is 23.4 Å². The van der Waals surface area contributed by atoms with Gasteiger partial charge < -0.3 is 19.4 Å². The minimum atomic E-state index is -0.367. The number of ether oxygens (including phenoxy) is 2. The fourth-order valence-electron chi connectivity index (χ4n) is 3.49. The molecule has 4 aromatic rings. The molecule has 0 aliphatic heterocycles. The van der Waals surface area contributed by atoms with Gasteiger partial charge in [0.25, 0.3) is 0 Å². The largest absolute Gasteiger partial charge is 0.485 e. The Morgan fingerprint density at radius 2 is 1.66 bits per heavy atom. The van der Waals surface area contributed by atoms with E-state index in [-0.39, 0.29) is 17.8 Å². The number of rotatable bonds is 11. The van der Waals surface area contributed by atoms with Crippen molar-refractivity contribution in [2.24, 2.45) is 0 Å². The van der Waals surface area contributed by atoms with Gasteiger partial charge in [-0.1, -0.05) is 78.5 Å². The maximum atomic E-state index is 12.7. The molecule has 1 aromatic heterocycles. The monoisotopic (exact) mass is 488 g/mol. The molecule has 1 atom stereocenters. The number of aromatic nitrogens is 3. The summed E-state index contributed by atoms with van der Waals surface area (Å²) in [4.78, 5) is 12.7. The van der Waals surface area contributed by atoms with Gasteiger partial charge in [-0.25, -0.2) is 0 Å². The van der Waals surface area contributed by atoms with Gasteiger partial charge in [0.1, 0.15) is 12.4 Å². The molecule has 0 bridgehead atoms. The van der Waals surface area contributed by atoms with E-state index in [9.17, 15) is 4.79 Å². The lowest BCUT2D eigenvalue weighted by Gasteiger charge is -2.15. The SMILES string of the molecule is COCCn1c(COc2ccccc2-c2ccccc2)nnc1SC(C)C(=O)Nc1ccccc1. The van der Waals surface area contributed by atoms with E-state index in [2.05, 4.69) is 27.6 Å². The highest BCUT2D eigenvalue weighted by Gasteiger charge is 2.21. The average molecular weight is 489 g/mol. The zero-order valence-electron chi connectivity index (χ0n) is 19.8. The third-order valence-electron chi connectivity index (χ3n) is 5.33. The smallest absolute Gasteiger partial charge is 0.237 e. The Kier molecular flexibility index (Phi) is 8.53. The molecular weight excluding hydrogens is 460 g/mol. The Bertz CT molecular complexity index is 1230. The first-order valence-corrected chi connectivity index (χ1v) is 12.2. The molecule has 35 heavy (non-hydrogen) atoms. The van der Waals surface area contributed by atoms with Crippen LogP contribution in [-0.4, -0.2) is 39.6 Å². The lowest BCUT2D eigenvalue weighted by molar-refractivity contribution is -0.115. The third kappa shape index (κ3) is 6.49. The van der Waals surface area contributed by atoms with Crippen LogP contribution >= 0.6 is 11.8 Å². The van der Waals surface area contributed by atoms with Gasteiger partial charge in [0.2, 0.25) is 5.91 Å². The number of hydrogen-bond donors (Lipinski definition) is 1. The molecular formula is C27H28N4O3S. The second-order valence-electron chi connectivity index (χ2n) is 7.81. The van der Waals surface area contributed by atoms with Gasteiger partial charge in [-0.3, -0.25) is 4.79 Å². The number of para-hydroxylation sites is 2. The molecule has 1 heterocycles. The molecule has 0 fully saturated rings. The van der Waals surface area contributed by atoms with E-state index in [0.717, 1.165) is 22.6 Å². The standard InChI is InChI=1S/C27H28N4O3S/c1-20(26(32)28-22-13-7-4-8-14-22)35-27-30-29-25(31(27)17-18-33-2)19-34-24-16-10-9-15-23(24)21-11-5-3-6-12-21/h3-16,20H,17-19H2,1-2H3,(H,28,32). The van der Waals surface area contributed by atoms with Crippen molar-refractivity contribution in [1.29, 1.82) is 0 Å². The van der Waals surface area contributed by atoms with Crippen LogP contribution in [0.1, 0.15) is 12.7 Å². The zero-order chi connectivity index (χ0) is 24.5. The molecule has 1 unspecified atom stereocenters. The van der Waals surface area contributed by atoms with Crippen LogP contribution in [0, 0.1) is 0 Å². The number of carbonyl (C=O) groups is 1. The van der Waals surface area contributed by atoms with Crippen LogP contribution in [0.4, 0.5) is 5.69 Å². The first kappa shape index (κ1) is 24.5. The predicted molar refractivity (Wildman–Crippen MR) is 138 cm³/mol. The van der Waals surface area contributed by atoms with Gasteiger partial charge in [-0.15, -0.1) is 10.2 Å². The van der Waals surface area contributed by atoms with Crippen molar-refractivity contribution in [3.63, 3.8) is 0 Å². The van der Waals surface area contributed by atoms with Gasteiger partial charge in [0.05, 0.1) is 11.9 Å². The molecule has 0 spiro atoms. The number of thioether (sulfide) groups is 1. The Balaban J connectivity index is 1.48. The van der Waals surface area contributed by atoms with Gasteiger partial charge in [-0.05, 0) is 30.7 Å². The molecule has 0 aliphatic carbocycles. The normalized spacial score (nSPS) is 11.7. The molecule has 1 N–H and O–H groups in total. The molecule has 4 rings (SSSR count). The van der Waals surface area contributed by atoms with Crippen molar-refractivity contribution in [2.75, 3.05) is 19.0 Å². The van der Waals surface area contributed by atoms with Gasteiger partial charge >= 0.3 is 0 Å². The second kappa shape index (κ2) is 12.2. The van der Waals surface area contributed by atoms with Crippen LogP contribution in [0.15, 0.2) is 90.1 Å². The summed E-state index contributed by atoms with van der Waals surface area (Å²) in [6.45, 7) is 3.14. The van der Waals surface area contributed by atoms with Crippen LogP contribution < -0.4 is 10.1 Å². The summed E-state index contributed by atoms with van der Waals surface area (Å²) in [6, 6.07) is 27.4. The van der Waals surface area contributed by atoms with Crippen LogP contribution in [-0.2, 0) is 22.7 Å². The van der Waals surface area contributed by atoms with Crippen molar-refractivity contribution in [3.05, 3.63) is 90.8 Å². The van der Waals surface area contributed by atoms with Gasteiger partial charge in [0, 0.05) is 24.9 Å². The number of methoxy groups -OCH3 is 1. The topological polar surface area (TPSA) is 78.3 Å². The quantitative estimate of drug-likeness (QED) is 0.289. The number of nitrogens with one attached hydrogen (secondary N) is 1. The molecule has 8 heteroatoms. The predicted octanol–water partition coefficient (Wildman–Crippen LogP) is 5.29. The van der Waals surface area contributed by atoms with Crippen molar-refractivity contribution in [2.45, 2.75) is 30.5 Å². The summed E-state index contributed by atoms with van der Waals surface area (Å²) < 4.78 is 13.4. The Morgan fingerprint density at radius 3 is 2.40 bits per heavy atom. The average Bonchev–Trinajstić information content (AvgIpc) is 3.28. The summed E-state index contributed by atoms with van der Waals surface area (Å²) in [5.41, 5.74) is 2.85. The van der Waals surface area contributed by atoms with Crippen LogP contribution in [0.3, 0.4) is 0 Å². The highest BCUT2D eigenvalue weighted by Crippen LogP contribution is 2.30. The second-order valence-corrected chi connectivity index (χ2v) is 9.12. The third-order valence-corrected chi connectivity index (χ3v) is 6.41. The van der Waals surface area contributed by atoms with E-state index < -0.39 is 0 Å². The number of carbonyl (C=O) groups excluding carboxylic acids is 1. The lowest BCUT2D eigenvalue weighted by Crippen LogP contribution is -2.23. The van der Waals surface area contributed by atoms with Crippen LogP contribution in [0.5, 0.6) is 5.75 Å². The molecule has 0 saturated carbocycles. The van der Waals surface area contributed by atoms with E-state index in [1.165, 1.54) is 11.8 Å². The van der Waals surface area contributed by atoms with E-state index in [1.54, 1.807) is 7.11 Å². The van der Waals surface area contributed by atoms with Crippen LogP contribution in [0.25, 0.3) is 11.1 Å². The Hall–Kier alpha value is -3.62. The fraction of sp³-hybridized carbons (Fsp3) is 0.222. The molecule has 0 saturated heterocycles. The number of anilines is 1. The van der Waals surface area contributed by atoms with Gasteiger partial charge in [0.15, 0.2) is 11.0 Å². The van der Waals surface area contributed by atoms with E-state index in [0.29, 0.717) is 24.1 Å². The molecule has 0 radical (unpaired) electrons. The number of nitrogens with zero attached hydrogens (tertiary/aromatic N) is 3. The number of hydrogen-bond acceptors (Lipinski definition) is 6. The maximum absolute atomic E-state index is 12.7. The fourth-order valence-corrected chi connectivity index (χ4v) is 4.38. The highest BCUT2D eigenvalue weighted by molar-refractivity contribution is 8.00. The van der Waals surface area contributed by atoms with Crippen molar-refractivity contribution in [3.8, 4) is 16.9 Å². The van der Waals surface area contributed by atoms with E-state index >= 15 is 0 Å². The van der Waals surface area contributed by atoms with Crippen LogP contribution in [0.2, 0.25) is 0 Å². The van der Waals surface area contributed by atoms with Crippen molar-refractivity contribution in [1.82, 2.24) is 14.8 Å². The van der Waals surface area contributed by atoms with Gasteiger partial charge in [-0.2, -0.15) is 0 Å². The minimum absolute atomic E-state index is 0.0999. The van der Waals surface area contributed by atoms with Crippen molar-refractivity contribution < 1.29 is 14.3 Å². The summed E-state index contributed by atoms with van der Waals surface area (Å²) in [7, 11) is 1.65. The first-order valence-electron chi connectivity index (χ1n) is 11.4. The lowest BCUT2D eigenvalue weighted by atomic mass is 10.1. The van der Waals surface area contributed by atoms with E-state index in [1.807, 2.05) is 84.3 Å². The number of benzene rings is 3. The molecule has 0 aliphatic rings. The Labute approximate surface area is 209 Å².